The predicted octanol–water partition coefficient (Wildman–Crippen LogP) is 0.381. The number of carbonyl (C=O) groups excluding carboxylic acids is 1. The SMILES string of the molecule is NC1(C(=O)NC2(CC(=O)O)CCC2)CCC1. The summed E-state index contributed by atoms with van der Waals surface area (Å²) in [5.41, 5.74) is 4.65. The van der Waals surface area contributed by atoms with Crippen LogP contribution in [0.1, 0.15) is 44.9 Å². The molecule has 0 unspecified atom stereocenters. The number of amides is 1. The van der Waals surface area contributed by atoms with Crippen LogP contribution in [0.2, 0.25) is 0 Å². The summed E-state index contributed by atoms with van der Waals surface area (Å²) in [7, 11) is 0. The lowest BCUT2D eigenvalue weighted by Gasteiger charge is -2.45. The van der Waals surface area contributed by atoms with Crippen LogP contribution in [0.3, 0.4) is 0 Å². The normalized spacial score (nSPS) is 25.1. The third-order valence-electron chi connectivity index (χ3n) is 3.88. The van der Waals surface area contributed by atoms with E-state index in [1.54, 1.807) is 0 Å². The number of nitrogens with one attached hydrogen (secondary N) is 1. The Balaban J connectivity index is 1.96. The molecule has 0 atom stereocenters. The van der Waals surface area contributed by atoms with E-state index in [4.69, 9.17) is 10.8 Å². The van der Waals surface area contributed by atoms with E-state index >= 15 is 0 Å². The van der Waals surface area contributed by atoms with Crippen molar-refractivity contribution in [3.8, 4) is 0 Å². The number of nitrogens with two attached hydrogens (primary N) is 1. The molecule has 5 nitrogen and oxygen atoms in total. The number of carbonyl (C=O) groups is 2. The summed E-state index contributed by atoms with van der Waals surface area (Å²) >= 11 is 0. The molecule has 5 heteroatoms. The van der Waals surface area contributed by atoms with E-state index in [9.17, 15) is 9.59 Å². The molecule has 2 aliphatic rings. The molecule has 0 spiro atoms. The van der Waals surface area contributed by atoms with Gasteiger partial charge in [0.05, 0.1) is 17.5 Å². The Morgan fingerprint density at radius 2 is 1.75 bits per heavy atom. The van der Waals surface area contributed by atoms with Gasteiger partial charge in [-0.1, -0.05) is 0 Å². The first-order valence-corrected chi connectivity index (χ1v) is 5.79. The van der Waals surface area contributed by atoms with Gasteiger partial charge in [0.2, 0.25) is 5.91 Å². The zero-order chi connectivity index (χ0) is 11.8. The van der Waals surface area contributed by atoms with Crippen molar-refractivity contribution >= 4 is 11.9 Å². The van der Waals surface area contributed by atoms with Crippen LogP contribution >= 0.6 is 0 Å². The number of rotatable bonds is 4. The Labute approximate surface area is 94.4 Å². The molecule has 1 amide bonds. The standard InChI is InChI=1S/C11H18N2O3/c12-11(5-2-6-11)9(16)13-10(3-1-4-10)7-8(14)15/h1-7,12H2,(H,13,16)(H,14,15). The van der Waals surface area contributed by atoms with E-state index in [2.05, 4.69) is 5.32 Å². The van der Waals surface area contributed by atoms with Crippen LogP contribution < -0.4 is 11.1 Å². The van der Waals surface area contributed by atoms with Gasteiger partial charge in [-0.05, 0) is 38.5 Å². The van der Waals surface area contributed by atoms with Crippen molar-refractivity contribution in [1.29, 1.82) is 0 Å². The van der Waals surface area contributed by atoms with Gasteiger partial charge >= 0.3 is 5.97 Å². The lowest BCUT2D eigenvalue weighted by atomic mass is 9.71. The summed E-state index contributed by atoms with van der Waals surface area (Å²) in [6, 6.07) is 0. The first-order chi connectivity index (χ1) is 7.46. The zero-order valence-electron chi connectivity index (χ0n) is 9.29. The van der Waals surface area contributed by atoms with Gasteiger partial charge in [0.15, 0.2) is 0 Å². The van der Waals surface area contributed by atoms with Gasteiger partial charge in [0.1, 0.15) is 0 Å². The van der Waals surface area contributed by atoms with Gasteiger partial charge in [-0.3, -0.25) is 9.59 Å². The van der Waals surface area contributed by atoms with E-state index < -0.39 is 17.0 Å². The highest BCUT2D eigenvalue weighted by Gasteiger charge is 2.46. The van der Waals surface area contributed by atoms with Crippen molar-refractivity contribution in [1.82, 2.24) is 5.32 Å². The minimum absolute atomic E-state index is 0.00875. The maximum atomic E-state index is 11.9. The summed E-state index contributed by atoms with van der Waals surface area (Å²) in [4.78, 5) is 22.6. The molecule has 0 aliphatic heterocycles. The van der Waals surface area contributed by atoms with E-state index in [0.717, 1.165) is 25.7 Å². The number of hydrogen-bond donors (Lipinski definition) is 3. The lowest BCUT2D eigenvalue weighted by Crippen LogP contribution is -2.65. The molecule has 2 rings (SSSR count). The molecule has 2 saturated carbocycles. The van der Waals surface area contributed by atoms with Crippen LogP contribution in [-0.4, -0.2) is 28.1 Å². The highest BCUT2D eigenvalue weighted by Crippen LogP contribution is 2.37. The quantitative estimate of drug-likeness (QED) is 0.646. The molecular weight excluding hydrogens is 208 g/mol. The largest absolute Gasteiger partial charge is 0.481 e. The smallest absolute Gasteiger partial charge is 0.305 e. The van der Waals surface area contributed by atoms with Crippen molar-refractivity contribution in [3.63, 3.8) is 0 Å². The second-order valence-electron chi connectivity index (χ2n) is 5.17. The Morgan fingerprint density at radius 1 is 1.19 bits per heavy atom. The molecule has 16 heavy (non-hydrogen) atoms. The molecule has 0 aromatic rings. The van der Waals surface area contributed by atoms with Crippen LogP contribution in [-0.2, 0) is 9.59 Å². The minimum Gasteiger partial charge on any atom is -0.481 e. The monoisotopic (exact) mass is 226 g/mol. The van der Waals surface area contributed by atoms with E-state index in [1.165, 1.54) is 0 Å². The van der Waals surface area contributed by atoms with Gasteiger partial charge in [0.25, 0.3) is 0 Å². The topological polar surface area (TPSA) is 92.4 Å². The maximum Gasteiger partial charge on any atom is 0.305 e. The van der Waals surface area contributed by atoms with Crippen molar-refractivity contribution in [2.24, 2.45) is 5.73 Å². The molecule has 2 aliphatic carbocycles. The van der Waals surface area contributed by atoms with Crippen molar-refractivity contribution in [2.75, 3.05) is 0 Å². The van der Waals surface area contributed by atoms with E-state index in [0.29, 0.717) is 12.8 Å². The average molecular weight is 226 g/mol. The van der Waals surface area contributed by atoms with Crippen LogP contribution in [0, 0.1) is 0 Å². The summed E-state index contributed by atoms with van der Waals surface area (Å²) in [6.45, 7) is 0. The molecule has 0 saturated heterocycles. The van der Waals surface area contributed by atoms with Gasteiger partial charge in [0, 0.05) is 0 Å². The minimum atomic E-state index is -0.861. The van der Waals surface area contributed by atoms with Crippen molar-refractivity contribution < 1.29 is 14.7 Å². The van der Waals surface area contributed by atoms with Crippen LogP contribution in [0.5, 0.6) is 0 Å². The summed E-state index contributed by atoms with van der Waals surface area (Å²) in [6.07, 6.45) is 4.89. The second-order valence-corrected chi connectivity index (χ2v) is 5.17. The third-order valence-corrected chi connectivity index (χ3v) is 3.88. The fourth-order valence-corrected chi connectivity index (χ4v) is 2.39. The Morgan fingerprint density at radius 3 is 2.06 bits per heavy atom. The number of carboxylic acid groups (broad SMARTS) is 1. The fraction of sp³-hybridized carbons (Fsp3) is 0.818. The van der Waals surface area contributed by atoms with Crippen LogP contribution in [0.25, 0.3) is 0 Å². The molecule has 0 aromatic carbocycles. The van der Waals surface area contributed by atoms with E-state index in [-0.39, 0.29) is 12.3 Å². The summed E-state index contributed by atoms with van der Waals surface area (Å²) in [5.74, 6) is -1.03. The van der Waals surface area contributed by atoms with Gasteiger partial charge in [-0.2, -0.15) is 0 Å². The molecular formula is C11H18N2O3. The number of hydrogen-bond acceptors (Lipinski definition) is 3. The molecule has 0 radical (unpaired) electrons. The lowest BCUT2D eigenvalue weighted by molar-refractivity contribution is -0.141. The third kappa shape index (κ3) is 1.91. The van der Waals surface area contributed by atoms with E-state index in [1.807, 2.05) is 0 Å². The first-order valence-electron chi connectivity index (χ1n) is 5.79. The second kappa shape index (κ2) is 3.73. The number of carboxylic acids is 1. The first kappa shape index (κ1) is 11.4. The Hall–Kier alpha value is -1.10. The van der Waals surface area contributed by atoms with Crippen LogP contribution in [0.15, 0.2) is 0 Å². The van der Waals surface area contributed by atoms with Crippen LogP contribution in [0.4, 0.5) is 0 Å². The summed E-state index contributed by atoms with van der Waals surface area (Å²) < 4.78 is 0. The zero-order valence-corrected chi connectivity index (χ0v) is 9.29. The van der Waals surface area contributed by atoms with Crippen molar-refractivity contribution in [2.45, 2.75) is 56.0 Å². The van der Waals surface area contributed by atoms with Crippen molar-refractivity contribution in [3.05, 3.63) is 0 Å². The van der Waals surface area contributed by atoms with Gasteiger partial charge in [-0.15, -0.1) is 0 Å². The molecule has 2 fully saturated rings. The fourth-order valence-electron chi connectivity index (χ4n) is 2.39. The predicted molar refractivity (Wildman–Crippen MR) is 57.7 cm³/mol. The molecule has 0 aromatic heterocycles. The molecule has 4 N–H and O–H groups in total. The highest BCUT2D eigenvalue weighted by molar-refractivity contribution is 5.88. The van der Waals surface area contributed by atoms with Gasteiger partial charge in [-0.25, -0.2) is 0 Å². The molecule has 0 bridgehead atoms. The number of aliphatic carboxylic acids is 1. The highest BCUT2D eigenvalue weighted by atomic mass is 16.4. The maximum absolute atomic E-state index is 11.9. The summed E-state index contributed by atoms with van der Waals surface area (Å²) in [5, 5.41) is 11.7. The molecule has 0 heterocycles. The van der Waals surface area contributed by atoms with Gasteiger partial charge < -0.3 is 16.2 Å². The average Bonchev–Trinajstić information content (AvgIpc) is 2.09. The Kier molecular flexibility index (Phi) is 2.66. The Bertz CT molecular complexity index is 319. The molecule has 90 valence electrons.